The van der Waals surface area contributed by atoms with Crippen molar-refractivity contribution in [2.45, 2.75) is 58.7 Å². The number of aliphatic carboxylic acids is 1. The molecule has 82 valence electrons. The molecule has 0 aromatic carbocycles. The Hall–Kier alpha value is -0.570. The topological polar surface area (TPSA) is 46.5 Å². The lowest BCUT2D eigenvalue weighted by Crippen LogP contribution is -2.32. The standard InChI is InChI=1S/C11H20O3/c1-8(10(12)13)14-9-4-6-11(2,3)7-5-9/h8-9H,4-7H2,1-3H3,(H,12,13)/t8-/m0/s1. The van der Waals surface area contributed by atoms with Crippen molar-refractivity contribution in [3.8, 4) is 0 Å². The summed E-state index contributed by atoms with van der Waals surface area (Å²) in [6, 6.07) is 0. The number of hydrogen-bond acceptors (Lipinski definition) is 2. The van der Waals surface area contributed by atoms with Crippen LogP contribution in [0.5, 0.6) is 0 Å². The van der Waals surface area contributed by atoms with Crippen LogP contribution in [0.2, 0.25) is 0 Å². The van der Waals surface area contributed by atoms with Gasteiger partial charge in [0.2, 0.25) is 0 Å². The maximum absolute atomic E-state index is 10.6. The Labute approximate surface area is 85.5 Å². The molecule has 3 nitrogen and oxygen atoms in total. The van der Waals surface area contributed by atoms with Crippen LogP contribution in [0.4, 0.5) is 0 Å². The van der Waals surface area contributed by atoms with E-state index in [9.17, 15) is 4.79 Å². The van der Waals surface area contributed by atoms with Gasteiger partial charge >= 0.3 is 5.97 Å². The SMILES string of the molecule is C[C@H](OC1CCC(C)(C)CC1)C(=O)O. The van der Waals surface area contributed by atoms with E-state index in [0.29, 0.717) is 5.41 Å². The first-order valence-electron chi connectivity index (χ1n) is 5.29. The third kappa shape index (κ3) is 3.29. The zero-order valence-electron chi connectivity index (χ0n) is 9.25. The number of carbonyl (C=O) groups is 1. The van der Waals surface area contributed by atoms with Crippen molar-refractivity contribution in [1.82, 2.24) is 0 Å². The largest absolute Gasteiger partial charge is 0.479 e. The van der Waals surface area contributed by atoms with Gasteiger partial charge in [-0.25, -0.2) is 4.79 Å². The first-order chi connectivity index (χ1) is 6.41. The Morgan fingerprint density at radius 1 is 1.43 bits per heavy atom. The highest BCUT2D eigenvalue weighted by Crippen LogP contribution is 2.36. The average Bonchev–Trinajstić information content (AvgIpc) is 2.08. The lowest BCUT2D eigenvalue weighted by molar-refractivity contribution is -0.154. The first kappa shape index (κ1) is 11.5. The second kappa shape index (κ2) is 4.30. The number of rotatable bonds is 3. The minimum absolute atomic E-state index is 0.147. The minimum Gasteiger partial charge on any atom is -0.479 e. The second-order valence-corrected chi connectivity index (χ2v) is 4.98. The highest BCUT2D eigenvalue weighted by atomic mass is 16.5. The van der Waals surface area contributed by atoms with Crippen molar-refractivity contribution in [2.24, 2.45) is 5.41 Å². The van der Waals surface area contributed by atoms with Gasteiger partial charge in [-0.2, -0.15) is 0 Å². The van der Waals surface area contributed by atoms with Crippen LogP contribution >= 0.6 is 0 Å². The zero-order chi connectivity index (χ0) is 10.8. The minimum atomic E-state index is -0.866. The summed E-state index contributed by atoms with van der Waals surface area (Å²) in [5.41, 5.74) is 0.409. The van der Waals surface area contributed by atoms with Gasteiger partial charge in [0.15, 0.2) is 6.10 Å². The van der Waals surface area contributed by atoms with E-state index in [-0.39, 0.29) is 6.10 Å². The normalized spacial score (nSPS) is 24.5. The zero-order valence-corrected chi connectivity index (χ0v) is 9.25. The van der Waals surface area contributed by atoms with Gasteiger partial charge in [-0.1, -0.05) is 13.8 Å². The molecule has 0 aliphatic heterocycles. The Morgan fingerprint density at radius 2 is 1.93 bits per heavy atom. The van der Waals surface area contributed by atoms with Crippen LogP contribution in [-0.4, -0.2) is 23.3 Å². The van der Waals surface area contributed by atoms with Gasteiger partial charge in [-0.15, -0.1) is 0 Å². The molecule has 0 aromatic heterocycles. The van der Waals surface area contributed by atoms with Crippen molar-refractivity contribution < 1.29 is 14.6 Å². The van der Waals surface area contributed by atoms with Gasteiger partial charge in [0.25, 0.3) is 0 Å². The molecule has 0 unspecified atom stereocenters. The molecule has 1 aliphatic carbocycles. The van der Waals surface area contributed by atoms with Crippen LogP contribution in [-0.2, 0) is 9.53 Å². The highest BCUT2D eigenvalue weighted by Gasteiger charge is 2.29. The molecule has 1 atom stereocenters. The van der Waals surface area contributed by atoms with E-state index < -0.39 is 12.1 Å². The molecule has 0 saturated heterocycles. The summed E-state index contributed by atoms with van der Waals surface area (Å²) in [5, 5.41) is 8.69. The third-order valence-corrected chi connectivity index (χ3v) is 3.03. The molecule has 0 bridgehead atoms. The predicted octanol–water partition coefficient (Wildman–Crippen LogP) is 2.44. The van der Waals surface area contributed by atoms with Gasteiger partial charge in [-0.05, 0) is 38.0 Å². The van der Waals surface area contributed by atoms with E-state index in [1.54, 1.807) is 6.92 Å². The van der Waals surface area contributed by atoms with Crippen LogP contribution in [0, 0.1) is 5.41 Å². The van der Waals surface area contributed by atoms with E-state index in [4.69, 9.17) is 9.84 Å². The smallest absolute Gasteiger partial charge is 0.332 e. The summed E-state index contributed by atoms with van der Waals surface area (Å²) < 4.78 is 5.45. The summed E-state index contributed by atoms with van der Waals surface area (Å²) in [5.74, 6) is -0.866. The molecule has 14 heavy (non-hydrogen) atoms. The maximum Gasteiger partial charge on any atom is 0.332 e. The molecule has 1 N–H and O–H groups in total. The fourth-order valence-corrected chi connectivity index (χ4v) is 1.86. The molecule has 1 aliphatic rings. The summed E-state index contributed by atoms with van der Waals surface area (Å²) in [6.07, 6.45) is 3.72. The van der Waals surface area contributed by atoms with Crippen LogP contribution in [0.15, 0.2) is 0 Å². The highest BCUT2D eigenvalue weighted by molar-refractivity contribution is 5.71. The van der Waals surface area contributed by atoms with E-state index in [0.717, 1.165) is 25.7 Å². The van der Waals surface area contributed by atoms with E-state index in [1.165, 1.54) is 0 Å². The van der Waals surface area contributed by atoms with Gasteiger partial charge in [0.05, 0.1) is 6.10 Å². The molecule has 0 radical (unpaired) electrons. The fraction of sp³-hybridized carbons (Fsp3) is 0.909. The molecule has 0 heterocycles. The predicted molar refractivity (Wildman–Crippen MR) is 54.2 cm³/mol. The lowest BCUT2D eigenvalue weighted by atomic mass is 9.76. The van der Waals surface area contributed by atoms with E-state index >= 15 is 0 Å². The monoisotopic (exact) mass is 200 g/mol. The summed E-state index contributed by atoms with van der Waals surface area (Å²) in [7, 11) is 0. The quantitative estimate of drug-likeness (QED) is 0.761. The number of hydrogen-bond donors (Lipinski definition) is 1. The Bertz CT molecular complexity index is 201. The van der Waals surface area contributed by atoms with Crippen LogP contribution in [0.25, 0.3) is 0 Å². The van der Waals surface area contributed by atoms with Crippen LogP contribution in [0.3, 0.4) is 0 Å². The fourth-order valence-electron chi connectivity index (χ4n) is 1.86. The van der Waals surface area contributed by atoms with Gasteiger partial charge in [0, 0.05) is 0 Å². The average molecular weight is 200 g/mol. The van der Waals surface area contributed by atoms with Crippen molar-refractivity contribution in [3.05, 3.63) is 0 Å². The Morgan fingerprint density at radius 3 is 2.36 bits per heavy atom. The lowest BCUT2D eigenvalue weighted by Gasteiger charge is -2.34. The summed E-state index contributed by atoms with van der Waals surface area (Å²) >= 11 is 0. The number of ether oxygens (including phenoxy) is 1. The molecule has 0 amide bonds. The molecule has 3 heteroatoms. The van der Waals surface area contributed by atoms with E-state index in [2.05, 4.69) is 13.8 Å². The van der Waals surface area contributed by atoms with Gasteiger partial charge in [0.1, 0.15) is 0 Å². The van der Waals surface area contributed by atoms with Crippen molar-refractivity contribution >= 4 is 5.97 Å². The van der Waals surface area contributed by atoms with Gasteiger partial charge in [-0.3, -0.25) is 0 Å². The number of carboxylic acid groups (broad SMARTS) is 1. The molecule has 0 spiro atoms. The molecule has 1 rings (SSSR count). The third-order valence-electron chi connectivity index (χ3n) is 3.03. The molecular formula is C11H20O3. The van der Waals surface area contributed by atoms with Crippen molar-refractivity contribution in [2.75, 3.05) is 0 Å². The molecule has 0 aromatic rings. The maximum atomic E-state index is 10.6. The molecular weight excluding hydrogens is 180 g/mol. The van der Waals surface area contributed by atoms with E-state index in [1.807, 2.05) is 0 Å². The number of carboxylic acids is 1. The van der Waals surface area contributed by atoms with Crippen LogP contribution in [0.1, 0.15) is 46.5 Å². The Kier molecular flexibility index (Phi) is 3.53. The van der Waals surface area contributed by atoms with Crippen molar-refractivity contribution in [3.63, 3.8) is 0 Å². The molecule has 1 fully saturated rings. The van der Waals surface area contributed by atoms with Crippen LogP contribution < -0.4 is 0 Å². The second-order valence-electron chi connectivity index (χ2n) is 4.98. The van der Waals surface area contributed by atoms with Crippen molar-refractivity contribution in [1.29, 1.82) is 0 Å². The Balaban J connectivity index is 2.32. The summed E-state index contributed by atoms with van der Waals surface area (Å²) in [4.78, 5) is 10.6. The molecule has 1 saturated carbocycles. The first-order valence-corrected chi connectivity index (χ1v) is 5.29. The van der Waals surface area contributed by atoms with Gasteiger partial charge < -0.3 is 9.84 Å². The summed E-state index contributed by atoms with van der Waals surface area (Å²) in [6.45, 7) is 6.11.